The third-order valence-electron chi connectivity index (χ3n) is 3.92. The smallest absolute Gasteiger partial charge is 0.219 e. The summed E-state index contributed by atoms with van der Waals surface area (Å²) in [5, 5.41) is 6.53. The van der Waals surface area contributed by atoms with E-state index < -0.39 is 0 Å². The molecule has 0 fully saturated rings. The number of hydrogen-bond donors (Lipinski definition) is 2. The second kappa shape index (κ2) is 12.7. The summed E-state index contributed by atoms with van der Waals surface area (Å²) in [6.45, 7) is 5.10. The van der Waals surface area contributed by atoms with Crippen LogP contribution in [0.1, 0.15) is 31.7 Å². The van der Waals surface area contributed by atoms with E-state index in [1.807, 2.05) is 12.1 Å². The van der Waals surface area contributed by atoms with Crippen molar-refractivity contribution >= 4 is 5.96 Å². The maximum atomic E-state index is 13.0. The summed E-state index contributed by atoms with van der Waals surface area (Å²) in [4.78, 5) is 8.41. The highest BCUT2D eigenvalue weighted by Gasteiger charge is 2.03. The number of rotatable bonds is 11. The van der Waals surface area contributed by atoms with Gasteiger partial charge >= 0.3 is 0 Å². The van der Waals surface area contributed by atoms with Gasteiger partial charge in [-0.2, -0.15) is 0 Å². The number of halogens is 1. The molecule has 1 aromatic carbocycles. The van der Waals surface area contributed by atoms with Gasteiger partial charge in [0.05, 0.1) is 0 Å². The maximum absolute atomic E-state index is 13.0. The van der Waals surface area contributed by atoms with Crippen LogP contribution >= 0.6 is 0 Å². The first-order valence-electron chi connectivity index (χ1n) is 9.62. The van der Waals surface area contributed by atoms with E-state index in [-0.39, 0.29) is 5.82 Å². The van der Waals surface area contributed by atoms with Crippen molar-refractivity contribution in [2.45, 2.75) is 32.7 Å². The molecule has 7 heteroatoms. The molecule has 0 bridgehead atoms. The van der Waals surface area contributed by atoms with Crippen LogP contribution in [0.15, 0.2) is 47.6 Å². The number of ether oxygens (including phenoxy) is 2. The Morgan fingerprint density at radius 3 is 2.64 bits per heavy atom. The fraction of sp³-hybridized carbons (Fsp3) is 0.429. The van der Waals surface area contributed by atoms with Crippen LogP contribution in [0.25, 0.3) is 0 Å². The molecule has 0 radical (unpaired) electrons. The summed E-state index contributed by atoms with van der Waals surface area (Å²) < 4.78 is 24.2. The number of pyridine rings is 1. The monoisotopic (exact) mass is 388 g/mol. The SMILES string of the molecule is CCCCOCCCNC(=NC)NCc1ccnc(Oc2ccc(F)cc2)c1. The second-order valence-corrected chi connectivity index (χ2v) is 6.23. The lowest BCUT2D eigenvalue weighted by molar-refractivity contribution is 0.129. The van der Waals surface area contributed by atoms with Gasteiger partial charge in [0.1, 0.15) is 11.6 Å². The first-order valence-corrected chi connectivity index (χ1v) is 9.62. The van der Waals surface area contributed by atoms with Gasteiger partial charge in [0, 0.05) is 45.6 Å². The minimum absolute atomic E-state index is 0.301. The Balaban J connectivity index is 1.74. The summed E-state index contributed by atoms with van der Waals surface area (Å²) in [6, 6.07) is 9.58. The first kappa shape index (κ1) is 21.6. The third-order valence-corrected chi connectivity index (χ3v) is 3.92. The average molecular weight is 388 g/mol. The largest absolute Gasteiger partial charge is 0.439 e. The quantitative estimate of drug-likeness (QED) is 0.347. The van der Waals surface area contributed by atoms with E-state index in [0.29, 0.717) is 18.2 Å². The molecular weight excluding hydrogens is 359 g/mol. The summed E-state index contributed by atoms with van der Waals surface area (Å²) in [7, 11) is 1.74. The molecule has 28 heavy (non-hydrogen) atoms. The zero-order valence-electron chi connectivity index (χ0n) is 16.6. The molecule has 0 amide bonds. The molecular formula is C21H29FN4O2. The fourth-order valence-corrected chi connectivity index (χ4v) is 2.38. The van der Waals surface area contributed by atoms with E-state index in [1.165, 1.54) is 12.1 Å². The van der Waals surface area contributed by atoms with Crippen molar-refractivity contribution in [2.24, 2.45) is 4.99 Å². The molecule has 0 spiro atoms. The second-order valence-electron chi connectivity index (χ2n) is 6.23. The molecule has 0 aliphatic rings. The number of guanidine groups is 1. The van der Waals surface area contributed by atoms with Gasteiger partial charge in [-0.05, 0) is 48.7 Å². The van der Waals surface area contributed by atoms with Gasteiger partial charge in [-0.25, -0.2) is 9.37 Å². The number of nitrogens with zero attached hydrogens (tertiary/aromatic N) is 2. The summed E-state index contributed by atoms with van der Waals surface area (Å²) in [5.74, 6) is 1.42. The number of benzene rings is 1. The fourth-order valence-electron chi connectivity index (χ4n) is 2.38. The van der Waals surface area contributed by atoms with E-state index in [2.05, 4.69) is 27.5 Å². The van der Waals surface area contributed by atoms with Gasteiger partial charge in [-0.1, -0.05) is 13.3 Å². The van der Waals surface area contributed by atoms with Crippen molar-refractivity contribution in [1.82, 2.24) is 15.6 Å². The molecule has 0 aliphatic heterocycles. The predicted molar refractivity (Wildman–Crippen MR) is 109 cm³/mol. The van der Waals surface area contributed by atoms with Gasteiger partial charge < -0.3 is 20.1 Å². The molecule has 0 unspecified atom stereocenters. The highest BCUT2D eigenvalue weighted by molar-refractivity contribution is 5.79. The van der Waals surface area contributed by atoms with Crippen molar-refractivity contribution in [3.63, 3.8) is 0 Å². The molecule has 0 saturated heterocycles. The lowest BCUT2D eigenvalue weighted by atomic mass is 10.2. The van der Waals surface area contributed by atoms with Gasteiger partial charge in [0.2, 0.25) is 5.88 Å². The van der Waals surface area contributed by atoms with Crippen molar-refractivity contribution in [3.8, 4) is 11.6 Å². The Labute approximate surface area is 166 Å². The molecule has 2 aromatic rings. The normalized spacial score (nSPS) is 11.3. The maximum Gasteiger partial charge on any atom is 0.219 e. The first-order chi connectivity index (χ1) is 13.7. The third kappa shape index (κ3) is 8.35. The molecule has 0 saturated carbocycles. The topological polar surface area (TPSA) is 67.8 Å². The molecule has 1 heterocycles. The summed E-state index contributed by atoms with van der Waals surface area (Å²) in [5.41, 5.74) is 0.998. The zero-order valence-corrected chi connectivity index (χ0v) is 16.6. The Morgan fingerprint density at radius 1 is 1.11 bits per heavy atom. The average Bonchev–Trinajstić information content (AvgIpc) is 2.71. The standard InChI is InChI=1S/C21H29FN4O2/c1-3-4-13-27-14-5-11-25-21(23-2)26-16-17-10-12-24-20(15-17)28-19-8-6-18(22)7-9-19/h6-10,12,15H,3-5,11,13-14,16H2,1-2H3,(H2,23,25,26). The molecule has 152 valence electrons. The number of unbranched alkanes of at least 4 members (excludes halogenated alkanes) is 1. The van der Waals surface area contributed by atoms with Gasteiger partial charge in [0.25, 0.3) is 0 Å². The number of nitrogens with one attached hydrogen (secondary N) is 2. The van der Waals surface area contributed by atoms with Crippen LogP contribution in [0.5, 0.6) is 11.6 Å². The zero-order chi connectivity index (χ0) is 20.0. The van der Waals surface area contributed by atoms with E-state index in [4.69, 9.17) is 9.47 Å². The van der Waals surface area contributed by atoms with E-state index in [0.717, 1.165) is 50.5 Å². The Bertz CT molecular complexity index is 723. The lowest BCUT2D eigenvalue weighted by Crippen LogP contribution is -2.37. The summed E-state index contributed by atoms with van der Waals surface area (Å²) in [6.07, 6.45) is 4.87. The predicted octanol–water partition coefficient (Wildman–Crippen LogP) is 3.88. The Morgan fingerprint density at radius 2 is 1.89 bits per heavy atom. The number of aliphatic imine (C=N–C) groups is 1. The van der Waals surface area contributed by atoms with Crippen LogP contribution in [-0.2, 0) is 11.3 Å². The minimum atomic E-state index is -0.301. The number of hydrogen-bond acceptors (Lipinski definition) is 4. The molecule has 2 N–H and O–H groups in total. The minimum Gasteiger partial charge on any atom is -0.439 e. The van der Waals surface area contributed by atoms with Crippen LogP contribution < -0.4 is 15.4 Å². The molecule has 0 aliphatic carbocycles. The van der Waals surface area contributed by atoms with Gasteiger partial charge in [-0.3, -0.25) is 4.99 Å². The van der Waals surface area contributed by atoms with Crippen LogP contribution in [-0.4, -0.2) is 37.7 Å². The number of aromatic nitrogens is 1. The molecule has 1 aromatic heterocycles. The van der Waals surface area contributed by atoms with Gasteiger partial charge in [0.15, 0.2) is 5.96 Å². The highest BCUT2D eigenvalue weighted by atomic mass is 19.1. The van der Waals surface area contributed by atoms with Crippen LogP contribution in [0.3, 0.4) is 0 Å². The van der Waals surface area contributed by atoms with E-state index in [9.17, 15) is 4.39 Å². The Kier molecular flexibility index (Phi) is 9.79. The van der Waals surface area contributed by atoms with Crippen molar-refractivity contribution in [2.75, 3.05) is 26.8 Å². The van der Waals surface area contributed by atoms with Crippen LogP contribution in [0.2, 0.25) is 0 Å². The van der Waals surface area contributed by atoms with E-state index >= 15 is 0 Å². The van der Waals surface area contributed by atoms with E-state index in [1.54, 1.807) is 25.4 Å². The summed E-state index contributed by atoms with van der Waals surface area (Å²) >= 11 is 0. The van der Waals surface area contributed by atoms with Crippen LogP contribution in [0.4, 0.5) is 4.39 Å². The van der Waals surface area contributed by atoms with Crippen molar-refractivity contribution in [3.05, 3.63) is 54.0 Å². The highest BCUT2D eigenvalue weighted by Crippen LogP contribution is 2.20. The molecule has 6 nitrogen and oxygen atoms in total. The lowest BCUT2D eigenvalue weighted by Gasteiger charge is -2.12. The molecule has 0 atom stereocenters. The van der Waals surface area contributed by atoms with Crippen molar-refractivity contribution < 1.29 is 13.9 Å². The van der Waals surface area contributed by atoms with Gasteiger partial charge in [-0.15, -0.1) is 0 Å². The van der Waals surface area contributed by atoms with Crippen LogP contribution in [0, 0.1) is 5.82 Å². The molecule has 2 rings (SSSR count). The Hall–Kier alpha value is -2.67. The van der Waals surface area contributed by atoms with Crippen molar-refractivity contribution in [1.29, 1.82) is 0 Å².